The number of carbonyl (C=O) groups excluding carboxylic acids is 1. The monoisotopic (exact) mass is 473 g/mol. The third-order valence-electron chi connectivity index (χ3n) is 6.05. The van der Waals surface area contributed by atoms with Crippen LogP contribution in [0.5, 0.6) is 11.5 Å². The summed E-state index contributed by atoms with van der Waals surface area (Å²) in [5.41, 5.74) is 4.40. The van der Waals surface area contributed by atoms with Gasteiger partial charge in [0, 0.05) is 63.1 Å². The molecule has 0 spiro atoms. The van der Waals surface area contributed by atoms with E-state index in [2.05, 4.69) is 10.1 Å². The highest BCUT2D eigenvalue weighted by Gasteiger charge is 2.20. The molecule has 4 heterocycles. The first-order valence-corrected chi connectivity index (χ1v) is 11.5. The first-order chi connectivity index (χ1) is 17.0. The molecule has 1 aliphatic rings. The second kappa shape index (κ2) is 9.57. The average Bonchev–Trinajstić information content (AvgIpc) is 3.50. The van der Waals surface area contributed by atoms with Gasteiger partial charge in [-0.05, 0) is 18.6 Å². The van der Waals surface area contributed by atoms with Crippen molar-refractivity contribution in [3.8, 4) is 22.8 Å². The first-order valence-electron chi connectivity index (χ1n) is 11.5. The SMILES string of the molecule is COc1cc(N=c2ccc3ncc(-c4cnn(C)c4)nc3n2CCN2CCCC2=O)cc(OC)c1. The molecular weight excluding hydrogens is 446 g/mol. The fourth-order valence-electron chi connectivity index (χ4n) is 4.22. The molecule has 1 fully saturated rings. The summed E-state index contributed by atoms with van der Waals surface area (Å²) in [7, 11) is 5.08. The highest BCUT2D eigenvalue weighted by molar-refractivity contribution is 5.78. The molecule has 10 nitrogen and oxygen atoms in total. The minimum Gasteiger partial charge on any atom is -0.497 e. The molecule has 1 saturated heterocycles. The van der Waals surface area contributed by atoms with E-state index >= 15 is 0 Å². The number of benzene rings is 1. The third-order valence-corrected chi connectivity index (χ3v) is 6.05. The van der Waals surface area contributed by atoms with E-state index < -0.39 is 0 Å². The minimum absolute atomic E-state index is 0.184. The fourth-order valence-corrected chi connectivity index (χ4v) is 4.22. The highest BCUT2D eigenvalue weighted by Crippen LogP contribution is 2.27. The van der Waals surface area contributed by atoms with E-state index in [1.54, 1.807) is 37.4 Å². The van der Waals surface area contributed by atoms with E-state index in [9.17, 15) is 4.79 Å². The number of pyridine rings is 1. The Morgan fingerprint density at radius 1 is 1.06 bits per heavy atom. The second-order valence-corrected chi connectivity index (χ2v) is 8.38. The quantitative estimate of drug-likeness (QED) is 0.409. The van der Waals surface area contributed by atoms with Crippen LogP contribution in [0.1, 0.15) is 12.8 Å². The van der Waals surface area contributed by atoms with Crippen LogP contribution in [-0.2, 0) is 18.4 Å². The average molecular weight is 474 g/mol. The number of methoxy groups -OCH3 is 2. The Bertz CT molecular complexity index is 1430. The molecule has 0 atom stereocenters. The van der Waals surface area contributed by atoms with Crippen LogP contribution in [0.15, 0.2) is 53.9 Å². The Balaban J connectivity index is 1.65. The van der Waals surface area contributed by atoms with Crippen molar-refractivity contribution in [2.75, 3.05) is 27.3 Å². The van der Waals surface area contributed by atoms with E-state index in [1.807, 2.05) is 47.0 Å². The van der Waals surface area contributed by atoms with Crippen LogP contribution in [0.25, 0.3) is 22.4 Å². The normalized spacial score (nSPS) is 14.2. The summed E-state index contributed by atoms with van der Waals surface area (Å²) >= 11 is 0. The summed E-state index contributed by atoms with van der Waals surface area (Å²) in [6.45, 7) is 1.88. The van der Waals surface area contributed by atoms with Gasteiger partial charge < -0.3 is 18.9 Å². The lowest BCUT2D eigenvalue weighted by molar-refractivity contribution is -0.127. The molecule has 4 aromatic rings. The Kier molecular flexibility index (Phi) is 6.17. The lowest BCUT2D eigenvalue weighted by Gasteiger charge is -2.18. The predicted molar refractivity (Wildman–Crippen MR) is 130 cm³/mol. The van der Waals surface area contributed by atoms with Gasteiger partial charge in [0.1, 0.15) is 22.5 Å². The lowest BCUT2D eigenvalue weighted by Crippen LogP contribution is -2.32. The van der Waals surface area contributed by atoms with Gasteiger partial charge in [0.25, 0.3) is 0 Å². The van der Waals surface area contributed by atoms with Crippen LogP contribution < -0.4 is 15.0 Å². The number of aryl methyl sites for hydroxylation is 1. The van der Waals surface area contributed by atoms with Crippen molar-refractivity contribution in [2.24, 2.45) is 12.0 Å². The van der Waals surface area contributed by atoms with Crippen LogP contribution >= 0.6 is 0 Å². The molecule has 10 heteroatoms. The molecule has 35 heavy (non-hydrogen) atoms. The zero-order valence-corrected chi connectivity index (χ0v) is 20.0. The van der Waals surface area contributed by atoms with Crippen molar-refractivity contribution < 1.29 is 14.3 Å². The van der Waals surface area contributed by atoms with Crippen LogP contribution in [0.2, 0.25) is 0 Å². The summed E-state index contributed by atoms with van der Waals surface area (Å²) < 4.78 is 14.6. The second-order valence-electron chi connectivity index (χ2n) is 8.38. The Morgan fingerprint density at radius 2 is 1.86 bits per heavy atom. The van der Waals surface area contributed by atoms with Crippen LogP contribution in [0.4, 0.5) is 5.69 Å². The zero-order valence-electron chi connectivity index (χ0n) is 20.0. The molecule has 0 aliphatic carbocycles. The third kappa shape index (κ3) is 4.72. The maximum Gasteiger partial charge on any atom is 0.222 e. The number of amides is 1. The molecule has 0 unspecified atom stereocenters. The number of fused-ring (bicyclic) bond motifs is 1. The number of nitrogens with zero attached hydrogens (tertiary/aromatic N) is 7. The van der Waals surface area contributed by atoms with Crippen molar-refractivity contribution in [1.29, 1.82) is 0 Å². The summed E-state index contributed by atoms with van der Waals surface area (Å²) in [5.74, 6) is 1.48. The molecule has 0 N–H and O–H groups in total. The van der Waals surface area contributed by atoms with Crippen molar-refractivity contribution in [3.05, 3.63) is 54.4 Å². The number of ether oxygens (including phenoxy) is 2. The fraction of sp³-hybridized carbons (Fsp3) is 0.320. The Hall–Kier alpha value is -4.21. The summed E-state index contributed by atoms with van der Waals surface area (Å²) in [4.78, 5) is 28.6. The van der Waals surface area contributed by atoms with Gasteiger partial charge in [-0.3, -0.25) is 14.5 Å². The predicted octanol–water partition coefficient (Wildman–Crippen LogP) is 2.70. The minimum atomic E-state index is 0.184. The molecule has 1 aromatic carbocycles. The van der Waals surface area contributed by atoms with Crippen LogP contribution in [-0.4, -0.2) is 62.4 Å². The maximum atomic E-state index is 12.2. The van der Waals surface area contributed by atoms with E-state index in [1.165, 1.54) is 0 Å². The molecule has 1 amide bonds. The van der Waals surface area contributed by atoms with E-state index in [0.29, 0.717) is 47.8 Å². The molecule has 0 bridgehead atoms. The molecule has 1 aliphatic heterocycles. The Labute approximate surface area is 202 Å². The molecular formula is C25H27N7O3. The molecule has 180 valence electrons. The zero-order chi connectivity index (χ0) is 24.4. The lowest BCUT2D eigenvalue weighted by atomic mass is 10.2. The molecule has 5 rings (SSSR count). The summed E-state index contributed by atoms with van der Waals surface area (Å²) in [6.07, 6.45) is 6.91. The van der Waals surface area contributed by atoms with Gasteiger partial charge in [0.05, 0.1) is 38.0 Å². The van der Waals surface area contributed by atoms with Crippen molar-refractivity contribution in [2.45, 2.75) is 19.4 Å². The van der Waals surface area contributed by atoms with Crippen molar-refractivity contribution >= 4 is 22.8 Å². The van der Waals surface area contributed by atoms with Gasteiger partial charge in [-0.25, -0.2) is 9.98 Å². The number of rotatable bonds is 7. The van der Waals surface area contributed by atoms with Gasteiger partial charge in [0.2, 0.25) is 5.91 Å². The van der Waals surface area contributed by atoms with Crippen molar-refractivity contribution in [3.63, 3.8) is 0 Å². The van der Waals surface area contributed by atoms with Gasteiger partial charge in [-0.1, -0.05) is 0 Å². The van der Waals surface area contributed by atoms with E-state index in [-0.39, 0.29) is 5.91 Å². The van der Waals surface area contributed by atoms with E-state index in [4.69, 9.17) is 19.5 Å². The smallest absolute Gasteiger partial charge is 0.222 e. The Morgan fingerprint density at radius 3 is 2.51 bits per heavy atom. The topological polar surface area (TPSA) is 99.7 Å². The van der Waals surface area contributed by atoms with Crippen LogP contribution in [0, 0.1) is 0 Å². The summed E-state index contributed by atoms with van der Waals surface area (Å²) in [5, 5.41) is 4.25. The van der Waals surface area contributed by atoms with Gasteiger partial charge in [-0.15, -0.1) is 0 Å². The maximum absolute atomic E-state index is 12.2. The van der Waals surface area contributed by atoms with Crippen LogP contribution in [0.3, 0.4) is 0 Å². The van der Waals surface area contributed by atoms with Gasteiger partial charge >= 0.3 is 0 Å². The highest BCUT2D eigenvalue weighted by atomic mass is 16.5. The standard InChI is InChI=1S/C25H27N7O3/c1-30-16-17(14-27-30)22-15-26-21-6-7-23(28-18-11-19(34-2)13-20(12-18)35-3)32(25(21)29-22)10-9-31-8-4-5-24(31)33/h6-7,11-16H,4-5,8-10H2,1-3H3. The number of carbonyl (C=O) groups is 1. The number of hydrogen-bond acceptors (Lipinski definition) is 7. The summed E-state index contributed by atoms with van der Waals surface area (Å²) in [6, 6.07) is 9.32. The first kappa shape index (κ1) is 22.6. The number of likely N-dealkylation sites (tertiary alicyclic amines) is 1. The molecule has 0 radical (unpaired) electrons. The number of hydrogen-bond donors (Lipinski definition) is 0. The largest absolute Gasteiger partial charge is 0.497 e. The number of aromatic nitrogens is 5. The molecule has 3 aromatic heterocycles. The van der Waals surface area contributed by atoms with Gasteiger partial charge in [-0.2, -0.15) is 5.10 Å². The van der Waals surface area contributed by atoms with Crippen molar-refractivity contribution in [1.82, 2.24) is 29.2 Å². The van der Waals surface area contributed by atoms with E-state index in [0.717, 1.165) is 29.7 Å². The van der Waals surface area contributed by atoms with Gasteiger partial charge in [0.15, 0.2) is 5.65 Å². The molecule has 0 saturated carbocycles.